The minimum Gasteiger partial charge on any atom is -0.354 e. The SMILES string of the molecule is Cc1ccc(S(=O)(=O)N(CC(=O)N(Cc2ccc(Cl)cc2)[C@@H](Cc2ccccc2)C(=O)NCC(C)C)c2ccccc2C)cc1. The number of carbonyl (C=O) groups excluding carboxylic acids is 2. The van der Waals surface area contributed by atoms with Crippen molar-refractivity contribution in [1.82, 2.24) is 10.2 Å². The molecule has 0 aliphatic heterocycles. The van der Waals surface area contributed by atoms with E-state index < -0.39 is 28.5 Å². The van der Waals surface area contributed by atoms with Crippen molar-refractivity contribution in [3.63, 3.8) is 0 Å². The maximum Gasteiger partial charge on any atom is 0.264 e. The van der Waals surface area contributed by atoms with Crippen molar-refractivity contribution in [1.29, 1.82) is 0 Å². The molecule has 0 fully saturated rings. The lowest BCUT2D eigenvalue weighted by molar-refractivity contribution is -0.140. The molecule has 4 aromatic rings. The predicted octanol–water partition coefficient (Wildman–Crippen LogP) is 6.56. The smallest absolute Gasteiger partial charge is 0.264 e. The average Bonchev–Trinajstić information content (AvgIpc) is 3.02. The Morgan fingerprint density at radius 1 is 0.800 bits per heavy atom. The van der Waals surface area contributed by atoms with E-state index in [-0.39, 0.29) is 29.7 Å². The zero-order chi connectivity index (χ0) is 32.6. The van der Waals surface area contributed by atoms with Crippen molar-refractivity contribution in [3.05, 3.63) is 130 Å². The van der Waals surface area contributed by atoms with Gasteiger partial charge in [-0.15, -0.1) is 0 Å². The van der Waals surface area contributed by atoms with Gasteiger partial charge in [0.2, 0.25) is 11.8 Å². The van der Waals surface area contributed by atoms with Crippen LogP contribution >= 0.6 is 11.6 Å². The van der Waals surface area contributed by atoms with Gasteiger partial charge in [0.25, 0.3) is 10.0 Å². The Kier molecular flexibility index (Phi) is 11.4. The molecule has 1 N–H and O–H groups in total. The van der Waals surface area contributed by atoms with E-state index in [1.807, 2.05) is 57.2 Å². The number of halogens is 1. The van der Waals surface area contributed by atoms with Crippen LogP contribution in [0.15, 0.2) is 108 Å². The van der Waals surface area contributed by atoms with Crippen molar-refractivity contribution in [2.45, 2.75) is 51.6 Å². The van der Waals surface area contributed by atoms with E-state index in [0.717, 1.165) is 21.0 Å². The van der Waals surface area contributed by atoms with Gasteiger partial charge in [0.15, 0.2) is 0 Å². The molecule has 0 radical (unpaired) electrons. The molecule has 45 heavy (non-hydrogen) atoms. The number of sulfonamides is 1. The fourth-order valence-corrected chi connectivity index (χ4v) is 6.56. The number of aryl methyl sites for hydroxylation is 2. The van der Waals surface area contributed by atoms with E-state index in [1.165, 1.54) is 4.90 Å². The molecular formula is C36H40ClN3O4S. The number of benzene rings is 4. The molecule has 236 valence electrons. The molecule has 1 atom stereocenters. The number of rotatable bonds is 13. The standard InChI is InChI=1S/C36H40ClN3O4S/c1-26(2)23-38-36(42)34(22-29-11-6-5-7-12-29)39(24-30-16-18-31(37)19-17-30)35(41)25-40(33-13-9-8-10-28(33)4)45(43,44)32-20-14-27(3)15-21-32/h5-21,26,34H,22-25H2,1-4H3,(H,38,42)/t34-/m0/s1. The van der Waals surface area contributed by atoms with E-state index in [9.17, 15) is 18.0 Å². The summed E-state index contributed by atoms with van der Waals surface area (Å²) in [6.07, 6.45) is 0.249. The summed E-state index contributed by atoms with van der Waals surface area (Å²) < 4.78 is 29.5. The van der Waals surface area contributed by atoms with Gasteiger partial charge in [0.05, 0.1) is 10.6 Å². The molecule has 0 spiro atoms. The van der Waals surface area contributed by atoms with Crippen LogP contribution in [0.5, 0.6) is 0 Å². The van der Waals surface area contributed by atoms with Crippen LogP contribution < -0.4 is 9.62 Å². The van der Waals surface area contributed by atoms with E-state index in [2.05, 4.69) is 5.32 Å². The molecule has 4 rings (SSSR count). The lowest BCUT2D eigenvalue weighted by atomic mass is 10.0. The minimum atomic E-state index is -4.16. The third-order valence-electron chi connectivity index (χ3n) is 7.49. The largest absolute Gasteiger partial charge is 0.354 e. The summed E-state index contributed by atoms with van der Waals surface area (Å²) in [5.74, 6) is -0.619. The van der Waals surface area contributed by atoms with E-state index in [1.54, 1.807) is 73.7 Å². The van der Waals surface area contributed by atoms with Gasteiger partial charge in [0.1, 0.15) is 12.6 Å². The first-order valence-corrected chi connectivity index (χ1v) is 16.8. The van der Waals surface area contributed by atoms with Crippen molar-refractivity contribution in [2.24, 2.45) is 5.92 Å². The van der Waals surface area contributed by atoms with Crippen LogP contribution in [0, 0.1) is 19.8 Å². The van der Waals surface area contributed by atoms with Gasteiger partial charge in [-0.3, -0.25) is 13.9 Å². The number of anilines is 1. The third-order valence-corrected chi connectivity index (χ3v) is 9.52. The average molecular weight is 646 g/mol. The van der Waals surface area contributed by atoms with Crippen LogP contribution in [0.25, 0.3) is 0 Å². The first kappa shape index (κ1) is 33.7. The summed E-state index contributed by atoms with van der Waals surface area (Å²) in [6.45, 7) is 7.69. The minimum absolute atomic E-state index is 0.0731. The highest BCUT2D eigenvalue weighted by atomic mass is 35.5. The lowest BCUT2D eigenvalue weighted by Gasteiger charge is -2.34. The maximum absolute atomic E-state index is 14.5. The molecular weight excluding hydrogens is 606 g/mol. The van der Waals surface area contributed by atoms with E-state index in [4.69, 9.17) is 11.6 Å². The maximum atomic E-state index is 14.5. The van der Waals surface area contributed by atoms with Crippen LogP contribution in [-0.4, -0.2) is 44.3 Å². The first-order valence-electron chi connectivity index (χ1n) is 15.0. The topological polar surface area (TPSA) is 86.8 Å². The second-order valence-corrected chi connectivity index (χ2v) is 13.9. The van der Waals surface area contributed by atoms with Gasteiger partial charge < -0.3 is 10.2 Å². The molecule has 7 nitrogen and oxygen atoms in total. The molecule has 2 amide bonds. The Morgan fingerprint density at radius 2 is 1.42 bits per heavy atom. The number of para-hydroxylation sites is 1. The Balaban J connectivity index is 1.80. The summed E-state index contributed by atoms with van der Waals surface area (Å²) in [6, 6.07) is 29.2. The van der Waals surface area contributed by atoms with Gasteiger partial charge in [0, 0.05) is 24.5 Å². The van der Waals surface area contributed by atoms with Crippen molar-refractivity contribution < 1.29 is 18.0 Å². The fraction of sp³-hybridized carbons (Fsp3) is 0.278. The number of nitrogens with one attached hydrogen (secondary N) is 1. The van der Waals surface area contributed by atoms with Crippen LogP contribution in [0.2, 0.25) is 5.02 Å². The second-order valence-electron chi connectivity index (χ2n) is 11.6. The Labute approximate surface area is 271 Å². The lowest BCUT2D eigenvalue weighted by Crippen LogP contribution is -2.53. The van der Waals surface area contributed by atoms with Crippen molar-refractivity contribution in [3.8, 4) is 0 Å². The number of amides is 2. The first-order chi connectivity index (χ1) is 21.5. The molecule has 9 heteroatoms. The number of hydrogen-bond donors (Lipinski definition) is 1. The molecule has 0 aromatic heterocycles. The Hall–Kier alpha value is -4.14. The zero-order valence-corrected chi connectivity index (χ0v) is 27.7. The molecule has 0 unspecified atom stereocenters. The van der Waals surface area contributed by atoms with Gasteiger partial charge in [-0.05, 0) is 66.8 Å². The van der Waals surface area contributed by atoms with Crippen LogP contribution in [0.3, 0.4) is 0 Å². The van der Waals surface area contributed by atoms with Crippen molar-refractivity contribution >= 4 is 39.1 Å². The van der Waals surface area contributed by atoms with E-state index >= 15 is 0 Å². The van der Waals surface area contributed by atoms with Crippen LogP contribution in [0.4, 0.5) is 5.69 Å². The monoisotopic (exact) mass is 645 g/mol. The molecule has 0 aliphatic rings. The predicted molar refractivity (Wildman–Crippen MR) is 181 cm³/mol. The molecule has 4 aromatic carbocycles. The molecule has 0 saturated carbocycles. The second kappa shape index (κ2) is 15.2. The quantitative estimate of drug-likeness (QED) is 0.178. The number of carbonyl (C=O) groups is 2. The number of nitrogens with zero attached hydrogens (tertiary/aromatic N) is 2. The van der Waals surface area contributed by atoms with Crippen LogP contribution in [0.1, 0.15) is 36.1 Å². The summed E-state index contributed by atoms with van der Waals surface area (Å²) in [5, 5.41) is 3.55. The zero-order valence-electron chi connectivity index (χ0n) is 26.1. The van der Waals surface area contributed by atoms with E-state index in [0.29, 0.717) is 22.8 Å². The van der Waals surface area contributed by atoms with Gasteiger partial charge in [-0.25, -0.2) is 8.42 Å². The van der Waals surface area contributed by atoms with Crippen LogP contribution in [-0.2, 0) is 32.6 Å². The van der Waals surface area contributed by atoms with Gasteiger partial charge in [-0.2, -0.15) is 0 Å². The van der Waals surface area contributed by atoms with Gasteiger partial charge >= 0.3 is 0 Å². The Morgan fingerprint density at radius 3 is 2.04 bits per heavy atom. The molecule has 0 heterocycles. The highest BCUT2D eigenvalue weighted by Gasteiger charge is 2.35. The molecule has 0 bridgehead atoms. The summed E-state index contributed by atoms with van der Waals surface area (Å²) in [7, 11) is -4.16. The highest BCUT2D eigenvalue weighted by Crippen LogP contribution is 2.28. The summed E-state index contributed by atoms with van der Waals surface area (Å²) in [4.78, 5) is 29.9. The highest BCUT2D eigenvalue weighted by molar-refractivity contribution is 7.92. The summed E-state index contributed by atoms with van der Waals surface area (Å²) in [5.41, 5.74) is 3.63. The Bertz CT molecular complexity index is 1690. The molecule has 0 saturated heterocycles. The normalized spacial score (nSPS) is 12.0. The molecule has 0 aliphatic carbocycles. The number of hydrogen-bond acceptors (Lipinski definition) is 4. The summed E-state index contributed by atoms with van der Waals surface area (Å²) >= 11 is 6.15. The third kappa shape index (κ3) is 8.96. The van der Waals surface area contributed by atoms with Gasteiger partial charge in [-0.1, -0.05) is 104 Å². The fourth-order valence-electron chi connectivity index (χ4n) is 4.96. The van der Waals surface area contributed by atoms with Crippen molar-refractivity contribution in [2.75, 3.05) is 17.4 Å².